The monoisotopic (exact) mass is 272 g/mol. The second-order valence-electron chi connectivity index (χ2n) is 4.84. The van der Waals surface area contributed by atoms with Gasteiger partial charge in [0.25, 0.3) is 0 Å². The predicted molar refractivity (Wildman–Crippen MR) is 68.7 cm³/mol. The summed E-state index contributed by atoms with van der Waals surface area (Å²) in [7, 11) is 0. The van der Waals surface area contributed by atoms with Crippen molar-refractivity contribution in [2.24, 2.45) is 11.3 Å². The minimum atomic E-state index is -1.28. The molecule has 0 spiro atoms. The second-order valence-corrected chi connectivity index (χ2v) is 6.16. The van der Waals surface area contributed by atoms with E-state index in [1.807, 2.05) is 44.2 Å². The Morgan fingerprint density at radius 3 is 2.35 bits per heavy atom. The van der Waals surface area contributed by atoms with Crippen LogP contribution in [0.3, 0.4) is 0 Å². The number of alkyl halides is 2. The molecule has 0 heterocycles. The topological polar surface area (TPSA) is 26.3 Å². The van der Waals surface area contributed by atoms with Crippen molar-refractivity contribution in [2.75, 3.05) is 6.61 Å². The van der Waals surface area contributed by atoms with Crippen LogP contribution >= 0.6 is 23.2 Å². The number of ketones is 1. The molecule has 1 fully saturated rings. The summed E-state index contributed by atoms with van der Waals surface area (Å²) in [5.74, 6) is 0.345. The van der Waals surface area contributed by atoms with Gasteiger partial charge in [0, 0.05) is 5.41 Å². The molecule has 1 unspecified atom stereocenters. The average Bonchev–Trinajstić information content (AvgIpc) is 2.29. The number of halogens is 2. The number of para-hydroxylation sites is 1. The third-order valence-corrected chi connectivity index (χ3v) is 4.81. The SMILES string of the molecule is CC1(C)C(COc2ccccc2)C(=O)C1(Cl)Cl. The molecule has 1 aromatic carbocycles. The second kappa shape index (κ2) is 4.18. The molecule has 1 atom stereocenters. The maximum absolute atomic E-state index is 11.8. The molecule has 17 heavy (non-hydrogen) atoms. The van der Waals surface area contributed by atoms with Crippen molar-refractivity contribution < 1.29 is 9.53 Å². The fourth-order valence-corrected chi connectivity index (χ4v) is 2.51. The van der Waals surface area contributed by atoms with E-state index < -0.39 is 9.75 Å². The Labute approximate surface area is 111 Å². The maximum atomic E-state index is 11.8. The van der Waals surface area contributed by atoms with Gasteiger partial charge in [-0.2, -0.15) is 0 Å². The molecule has 2 rings (SSSR count). The van der Waals surface area contributed by atoms with Gasteiger partial charge in [-0.05, 0) is 12.1 Å². The summed E-state index contributed by atoms with van der Waals surface area (Å²) in [6.45, 7) is 4.08. The summed E-state index contributed by atoms with van der Waals surface area (Å²) in [6.07, 6.45) is 0. The molecule has 0 aromatic heterocycles. The summed E-state index contributed by atoms with van der Waals surface area (Å²) in [5.41, 5.74) is -0.456. The molecule has 1 aliphatic carbocycles. The Morgan fingerprint density at radius 2 is 1.82 bits per heavy atom. The van der Waals surface area contributed by atoms with Crippen LogP contribution in [-0.4, -0.2) is 16.7 Å². The van der Waals surface area contributed by atoms with Gasteiger partial charge < -0.3 is 4.74 Å². The minimum Gasteiger partial charge on any atom is -0.493 e. The lowest BCUT2D eigenvalue weighted by atomic mass is 9.61. The van der Waals surface area contributed by atoms with Crippen LogP contribution in [-0.2, 0) is 4.79 Å². The molecule has 4 heteroatoms. The Hall–Kier alpha value is -0.730. The molecule has 1 aromatic rings. The normalized spacial score (nSPS) is 25.2. The van der Waals surface area contributed by atoms with Crippen LogP contribution in [0.15, 0.2) is 30.3 Å². The Balaban J connectivity index is 2.00. The van der Waals surface area contributed by atoms with Crippen LogP contribution in [0.4, 0.5) is 0 Å². The summed E-state index contributed by atoms with van der Waals surface area (Å²) in [5, 5.41) is 0. The van der Waals surface area contributed by atoms with Crippen molar-refractivity contribution in [1.82, 2.24) is 0 Å². The largest absolute Gasteiger partial charge is 0.493 e. The molecular weight excluding hydrogens is 259 g/mol. The van der Waals surface area contributed by atoms with Crippen LogP contribution in [0.5, 0.6) is 5.75 Å². The molecule has 1 aliphatic rings. The zero-order chi connectivity index (χ0) is 12.7. The lowest BCUT2D eigenvalue weighted by molar-refractivity contribution is -0.144. The van der Waals surface area contributed by atoms with Gasteiger partial charge in [-0.15, -0.1) is 0 Å². The first kappa shape index (κ1) is 12.7. The molecule has 0 saturated heterocycles. The number of hydrogen-bond acceptors (Lipinski definition) is 2. The van der Waals surface area contributed by atoms with Gasteiger partial charge in [-0.1, -0.05) is 55.2 Å². The van der Waals surface area contributed by atoms with Gasteiger partial charge in [0.15, 0.2) is 10.1 Å². The highest BCUT2D eigenvalue weighted by Crippen LogP contribution is 2.57. The van der Waals surface area contributed by atoms with Crippen molar-refractivity contribution in [3.63, 3.8) is 0 Å². The highest BCUT2D eigenvalue weighted by molar-refractivity contribution is 6.61. The Morgan fingerprint density at radius 1 is 1.24 bits per heavy atom. The van der Waals surface area contributed by atoms with Gasteiger partial charge in [0.05, 0.1) is 12.5 Å². The number of benzene rings is 1. The molecule has 0 bridgehead atoms. The third-order valence-electron chi connectivity index (χ3n) is 3.47. The molecule has 0 N–H and O–H groups in total. The zero-order valence-electron chi connectivity index (χ0n) is 9.74. The molecule has 2 nitrogen and oxygen atoms in total. The van der Waals surface area contributed by atoms with Crippen LogP contribution in [0.2, 0.25) is 0 Å². The number of hydrogen-bond donors (Lipinski definition) is 0. The van der Waals surface area contributed by atoms with Crippen LogP contribution < -0.4 is 4.74 Å². The molecular formula is C13H14Cl2O2. The average molecular weight is 273 g/mol. The van der Waals surface area contributed by atoms with Crippen molar-refractivity contribution in [3.8, 4) is 5.75 Å². The summed E-state index contributed by atoms with van der Waals surface area (Å²) >= 11 is 12.0. The molecule has 0 aliphatic heterocycles. The summed E-state index contributed by atoms with van der Waals surface area (Å²) in [4.78, 5) is 11.8. The summed E-state index contributed by atoms with van der Waals surface area (Å²) < 4.78 is 4.29. The number of carbonyl (C=O) groups excluding carboxylic acids is 1. The number of Topliss-reactive ketones (excluding diaryl/α,β-unsaturated/α-hetero) is 1. The van der Waals surface area contributed by atoms with Crippen molar-refractivity contribution in [1.29, 1.82) is 0 Å². The predicted octanol–water partition coefficient (Wildman–Crippen LogP) is 3.46. The van der Waals surface area contributed by atoms with Crippen molar-refractivity contribution in [2.45, 2.75) is 18.2 Å². The first-order chi connectivity index (χ1) is 7.87. The lowest BCUT2D eigenvalue weighted by Gasteiger charge is -2.52. The van der Waals surface area contributed by atoms with Gasteiger partial charge >= 0.3 is 0 Å². The van der Waals surface area contributed by atoms with E-state index in [1.165, 1.54) is 0 Å². The van der Waals surface area contributed by atoms with E-state index in [4.69, 9.17) is 27.9 Å². The quantitative estimate of drug-likeness (QED) is 0.788. The molecule has 0 radical (unpaired) electrons. The number of rotatable bonds is 3. The Bertz CT molecular complexity index is 426. The van der Waals surface area contributed by atoms with E-state index in [-0.39, 0.29) is 11.7 Å². The van der Waals surface area contributed by atoms with Crippen LogP contribution in [0.1, 0.15) is 13.8 Å². The van der Waals surface area contributed by atoms with E-state index in [2.05, 4.69) is 0 Å². The van der Waals surface area contributed by atoms with Crippen LogP contribution in [0, 0.1) is 11.3 Å². The van der Waals surface area contributed by atoms with Gasteiger partial charge in [-0.3, -0.25) is 4.79 Å². The smallest absolute Gasteiger partial charge is 0.182 e. The molecule has 1 saturated carbocycles. The highest BCUT2D eigenvalue weighted by Gasteiger charge is 2.66. The first-order valence-electron chi connectivity index (χ1n) is 5.47. The number of carbonyl (C=O) groups is 1. The van der Waals surface area contributed by atoms with E-state index >= 15 is 0 Å². The van der Waals surface area contributed by atoms with Crippen molar-refractivity contribution in [3.05, 3.63) is 30.3 Å². The molecule has 92 valence electrons. The van der Waals surface area contributed by atoms with Crippen molar-refractivity contribution >= 4 is 29.0 Å². The van der Waals surface area contributed by atoms with E-state index in [0.717, 1.165) is 5.75 Å². The molecule has 0 amide bonds. The maximum Gasteiger partial charge on any atom is 0.182 e. The summed E-state index contributed by atoms with van der Waals surface area (Å²) in [6, 6.07) is 9.39. The fourth-order valence-electron chi connectivity index (χ4n) is 1.99. The van der Waals surface area contributed by atoms with E-state index in [9.17, 15) is 4.79 Å². The zero-order valence-corrected chi connectivity index (χ0v) is 11.3. The van der Waals surface area contributed by atoms with E-state index in [0.29, 0.717) is 6.61 Å². The van der Waals surface area contributed by atoms with E-state index in [1.54, 1.807) is 0 Å². The van der Waals surface area contributed by atoms with Gasteiger partial charge in [-0.25, -0.2) is 0 Å². The fraction of sp³-hybridized carbons (Fsp3) is 0.462. The number of ether oxygens (including phenoxy) is 1. The first-order valence-corrected chi connectivity index (χ1v) is 6.23. The Kier molecular flexibility index (Phi) is 3.13. The van der Waals surface area contributed by atoms with Gasteiger partial charge in [0.1, 0.15) is 5.75 Å². The third kappa shape index (κ3) is 1.94. The minimum absolute atomic E-state index is 0.151. The standard InChI is InChI=1S/C13H14Cl2O2/c1-12(2)10(11(16)13(12,14)15)8-17-9-6-4-3-5-7-9/h3-7,10H,8H2,1-2H3. The lowest BCUT2D eigenvalue weighted by Crippen LogP contribution is -2.64. The van der Waals surface area contributed by atoms with Crippen LogP contribution in [0.25, 0.3) is 0 Å². The highest BCUT2D eigenvalue weighted by atomic mass is 35.5. The van der Waals surface area contributed by atoms with Gasteiger partial charge in [0.2, 0.25) is 0 Å².